The summed E-state index contributed by atoms with van der Waals surface area (Å²) in [6.45, 7) is 3.32. The number of benzene rings is 1. The van der Waals surface area contributed by atoms with Crippen molar-refractivity contribution in [2.45, 2.75) is 31.1 Å². The molecule has 1 aliphatic rings. The van der Waals surface area contributed by atoms with E-state index in [2.05, 4.69) is 9.71 Å². The second-order valence-corrected chi connectivity index (χ2v) is 8.89. The molecule has 0 unspecified atom stereocenters. The van der Waals surface area contributed by atoms with Gasteiger partial charge in [0.2, 0.25) is 5.76 Å². The molecule has 4 rings (SSSR count). The Kier molecular flexibility index (Phi) is 5.81. The van der Waals surface area contributed by atoms with Gasteiger partial charge in [-0.2, -0.15) is 0 Å². The van der Waals surface area contributed by atoms with E-state index in [1.807, 2.05) is 4.90 Å². The smallest absolute Gasteiger partial charge is 0.374 e. The van der Waals surface area contributed by atoms with Crippen LogP contribution in [0.1, 0.15) is 36.7 Å². The molecule has 1 aliphatic heterocycles. The number of carbonyl (C=O) groups is 1. The van der Waals surface area contributed by atoms with Crippen LogP contribution in [0.3, 0.4) is 0 Å². The summed E-state index contributed by atoms with van der Waals surface area (Å²) in [7, 11) is -4.06. The van der Waals surface area contributed by atoms with Crippen molar-refractivity contribution >= 4 is 38.5 Å². The number of hydrogen-bond donors (Lipinski definition) is 1. The molecule has 2 aromatic heterocycles. The number of esters is 1. The number of halogens is 1. The summed E-state index contributed by atoms with van der Waals surface area (Å²) in [6, 6.07) is 6.85. The van der Waals surface area contributed by atoms with Crippen LogP contribution in [-0.4, -0.2) is 39.1 Å². The van der Waals surface area contributed by atoms with Crippen molar-refractivity contribution < 1.29 is 26.8 Å². The predicted octanol–water partition coefficient (Wildman–Crippen LogP) is 3.93. The lowest BCUT2D eigenvalue weighted by atomic mass is 10.1. The number of carbonyl (C=O) groups excluding carboxylic acids is 1. The second-order valence-electron chi connectivity index (χ2n) is 7.21. The van der Waals surface area contributed by atoms with Crippen LogP contribution in [0.4, 0.5) is 15.9 Å². The molecule has 0 bridgehead atoms. The van der Waals surface area contributed by atoms with Crippen molar-refractivity contribution in [3.05, 3.63) is 48.1 Å². The summed E-state index contributed by atoms with van der Waals surface area (Å²) >= 11 is 0. The summed E-state index contributed by atoms with van der Waals surface area (Å²) in [5, 5.41) is 0.559. The molecule has 0 atom stereocenters. The first-order valence-electron chi connectivity index (χ1n) is 10.0. The molecular weight excluding hydrogens is 425 g/mol. The van der Waals surface area contributed by atoms with Crippen LogP contribution in [0.15, 0.2) is 45.8 Å². The van der Waals surface area contributed by atoms with Crippen LogP contribution in [0.5, 0.6) is 0 Å². The SMILES string of the molecule is CCOC(=O)c1cc2ccc(S(=O)(=O)Nc3cc(F)cnc3N3CCCCC3)cc2o1. The first kappa shape index (κ1) is 21.1. The molecule has 0 saturated carbocycles. The van der Waals surface area contributed by atoms with E-state index < -0.39 is 21.8 Å². The zero-order valence-corrected chi connectivity index (χ0v) is 17.7. The van der Waals surface area contributed by atoms with E-state index in [1.54, 1.807) is 6.92 Å². The van der Waals surface area contributed by atoms with Gasteiger partial charge >= 0.3 is 5.97 Å². The molecule has 10 heteroatoms. The largest absolute Gasteiger partial charge is 0.460 e. The fraction of sp³-hybridized carbons (Fsp3) is 0.333. The number of rotatable bonds is 6. The average molecular weight is 447 g/mol. The molecule has 0 radical (unpaired) electrons. The van der Waals surface area contributed by atoms with Gasteiger partial charge in [0.25, 0.3) is 10.0 Å². The lowest BCUT2D eigenvalue weighted by Crippen LogP contribution is -2.31. The molecule has 0 spiro atoms. The number of hydrogen-bond acceptors (Lipinski definition) is 7. The summed E-state index contributed by atoms with van der Waals surface area (Å²) in [5.74, 6) is -0.883. The van der Waals surface area contributed by atoms with Crippen molar-refractivity contribution in [1.82, 2.24) is 4.98 Å². The summed E-state index contributed by atoms with van der Waals surface area (Å²) in [6.07, 6.45) is 4.09. The maximum atomic E-state index is 13.9. The molecular formula is C21H22FN3O5S. The van der Waals surface area contributed by atoms with Crippen LogP contribution >= 0.6 is 0 Å². The van der Waals surface area contributed by atoms with Gasteiger partial charge in [0.15, 0.2) is 5.82 Å². The van der Waals surface area contributed by atoms with Crippen molar-refractivity contribution in [3.63, 3.8) is 0 Å². The highest BCUT2D eigenvalue weighted by Gasteiger charge is 2.23. The van der Waals surface area contributed by atoms with E-state index in [-0.39, 0.29) is 28.5 Å². The van der Waals surface area contributed by atoms with Crippen molar-refractivity contribution in [3.8, 4) is 0 Å². The third-order valence-electron chi connectivity index (χ3n) is 5.01. The molecule has 8 nitrogen and oxygen atoms in total. The van der Waals surface area contributed by atoms with E-state index in [1.165, 1.54) is 24.3 Å². The predicted molar refractivity (Wildman–Crippen MR) is 113 cm³/mol. The van der Waals surface area contributed by atoms with Crippen LogP contribution in [0.25, 0.3) is 11.0 Å². The summed E-state index contributed by atoms with van der Waals surface area (Å²) < 4.78 is 52.7. The maximum absolute atomic E-state index is 13.9. The quantitative estimate of drug-likeness (QED) is 0.571. The highest BCUT2D eigenvalue weighted by molar-refractivity contribution is 7.92. The van der Waals surface area contributed by atoms with Gasteiger partial charge in [0.1, 0.15) is 11.4 Å². The Morgan fingerprint density at radius 3 is 2.74 bits per heavy atom. The van der Waals surface area contributed by atoms with Gasteiger partial charge in [-0.1, -0.05) is 0 Å². The number of nitrogens with one attached hydrogen (secondary N) is 1. The average Bonchev–Trinajstić information content (AvgIpc) is 3.18. The van der Waals surface area contributed by atoms with Gasteiger partial charge < -0.3 is 14.1 Å². The monoisotopic (exact) mass is 447 g/mol. The van der Waals surface area contributed by atoms with Gasteiger partial charge in [-0.15, -0.1) is 0 Å². The first-order chi connectivity index (χ1) is 14.9. The Morgan fingerprint density at radius 1 is 1.23 bits per heavy atom. The lowest BCUT2D eigenvalue weighted by Gasteiger charge is -2.29. The third-order valence-corrected chi connectivity index (χ3v) is 6.37. The van der Waals surface area contributed by atoms with Crippen LogP contribution in [-0.2, 0) is 14.8 Å². The number of ether oxygens (including phenoxy) is 1. The van der Waals surface area contributed by atoms with Gasteiger partial charge in [-0.25, -0.2) is 22.6 Å². The van der Waals surface area contributed by atoms with E-state index in [0.29, 0.717) is 11.2 Å². The number of furan rings is 1. The number of pyridine rings is 1. The molecule has 3 aromatic rings. The Bertz CT molecular complexity index is 1220. The zero-order chi connectivity index (χ0) is 22.0. The number of aromatic nitrogens is 1. The number of nitrogens with zero attached hydrogens (tertiary/aromatic N) is 2. The third kappa shape index (κ3) is 4.48. The molecule has 3 heterocycles. The normalized spacial score (nSPS) is 14.6. The van der Waals surface area contributed by atoms with Crippen molar-refractivity contribution in [2.24, 2.45) is 0 Å². The van der Waals surface area contributed by atoms with Gasteiger partial charge in [-0.05, 0) is 44.4 Å². The van der Waals surface area contributed by atoms with Crippen molar-refractivity contribution in [2.75, 3.05) is 29.3 Å². The van der Waals surface area contributed by atoms with E-state index in [9.17, 15) is 17.6 Å². The molecule has 0 amide bonds. The van der Waals surface area contributed by atoms with E-state index >= 15 is 0 Å². The van der Waals surface area contributed by atoms with E-state index in [4.69, 9.17) is 9.15 Å². The van der Waals surface area contributed by atoms with Gasteiger partial charge in [0.05, 0.1) is 23.4 Å². The minimum Gasteiger partial charge on any atom is -0.460 e. The Labute approximate surface area is 179 Å². The van der Waals surface area contributed by atoms with Crippen molar-refractivity contribution in [1.29, 1.82) is 0 Å². The molecule has 164 valence electrons. The van der Waals surface area contributed by atoms with E-state index in [0.717, 1.165) is 44.6 Å². The second kappa shape index (κ2) is 8.54. The highest BCUT2D eigenvalue weighted by atomic mass is 32.2. The molecule has 1 N–H and O–H groups in total. The fourth-order valence-corrected chi connectivity index (χ4v) is 4.62. The van der Waals surface area contributed by atoms with Crippen LogP contribution < -0.4 is 9.62 Å². The topological polar surface area (TPSA) is 102 Å². The van der Waals surface area contributed by atoms with Gasteiger partial charge in [-0.3, -0.25) is 4.72 Å². The Morgan fingerprint density at radius 2 is 2.00 bits per heavy atom. The summed E-state index contributed by atoms with van der Waals surface area (Å²) in [4.78, 5) is 17.8. The van der Waals surface area contributed by atoms with Gasteiger partial charge in [0, 0.05) is 30.6 Å². The minimum absolute atomic E-state index is 0.0129. The summed E-state index contributed by atoms with van der Waals surface area (Å²) in [5.41, 5.74) is 0.299. The number of anilines is 2. The fourth-order valence-electron chi connectivity index (χ4n) is 3.55. The minimum atomic E-state index is -4.06. The maximum Gasteiger partial charge on any atom is 0.374 e. The van der Waals surface area contributed by atoms with Crippen LogP contribution in [0, 0.1) is 5.82 Å². The molecule has 1 aromatic carbocycles. The number of fused-ring (bicyclic) bond motifs is 1. The number of sulfonamides is 1. The lowest BCUT2D eigenvalue weighted by molar-refractivity contribution is 0.0492. The molecule has 31 heavy (non-hydrogen) atoms. The Hall–Kier alpha value is -3.14. The molecule has 1 saturated heterocycles. The molecule has 0 aliphatic carbocycles. The number of piperidine rings is 1. The zero-order valence-electron chi connectivity index (χ0n) is 16.9. The first-order valence-corrected chi connectivity index (χ1v) is 11.5. The van der Waals surface area contributed by atoms with Crippen LogP contribution in [0.2, 0.25) is 0 Å². The Balaban J connectivity index is 1.65. The standard InChI is InChI=1S/C21H22FN3O5S/c1-2-29-21(26)19-10-14-6-7-16(12-18(14)30-19)31(27,28)24-17-11-15(22)13-23-20(17)25-8-4-3-5-9-25/h6-7,10-13,24H,2-5,8-9H2,1H3. The molecule has 1 fully saturated rings. The highest BCUT2D eigenvalue weighted by Crippen LogP contribution is 2.30.